The molecular formula is C15H22N4O3. The van der Waals surface area contributed by atoms with Crippen LogP contribution in [0.25, 0.3) is 0 Å². The van der Waals surface area contributed by atoms with Crippen LogP contribution in [0.1, 0.15) is 33.6 Å². The van der Waals surface area contributed by atoms with E-state index in [2.05, 4.69) is 20.4 Å². The Hall–Kier alpha value is -2.18. The molecular weight excluding hydrogens is 284 g/mol. The van der Waals surface area contributed by atoms with Gasteiger partial charge in [-0.2, -0.15) is 0 Å². The fraction of sp³-hybridized carbons (Fsp3) is 0.600. The van der Waals surface area contributed by atoms with Crippen molar-refractivity contribution < 1.29 is 14.3 Å². The average molecular weight is 306 g/mol. The molecule has 1 amide bonds. The highest BCUT2D eigenvalue weighted by Gasteiger charge is 2.20. The van der Waals surface area contributed by atoms with Gasteiger partial charge in [0.25, 0.3) is 0 Å². The van der Waals surface area contributed by atoms with Gasteiger partial charge in [-0.25, -0.2) is 4.79 Å². The zero-order valence-electron chi connectivity index (χ0n) is 13.2. The van der Waals surface area contributed by atoms with Crippen molar-refractivity contribution in [2.45, 2.75) is 39.2 Å². The van der Waals surface area contributed by atoms with Gasteiger partial charge in [0.05, 0.1) is 0 Å². The Kier molecular flexibility index (Phi) is 4.95. The summed E-state index contributed by atoms with van der Waals surface area (Å²) in [5.41, 5.74) is -0.555. The fourth-order valence-corrected chi connectivity index (χ4v) is 2.23. The lowest BCUT2D eigenvalue weighted by Gasteiger charge is -2.30. The molecule has 2 heterocycles. The van der Waals surface area contributed by atoms with Gasteiger partial charge in [-0.05, 0) is 45.7 Å². The number of aldehydes is 1. The number of ether oxygens (including phenoxy) is 1. The number of carbonyl (C=O) groups is 2. The second-order valence-corrected chi connectivity index (χ2v) is 6.36. The van der Waals surface area contributed by atoms with E-state index in [-0.39, 0.29) is 5.92 Å². The van der Waals surface area contributed by atoms with Gasteiger partial charge in [-0.3, -0.25) is 5.32 Å². The first kappa shape index (κ1) is 16.2. The lowest BCUT2D eigenvalue weighted by atomic mass is 9.99. The highest BCUT2D eigenvalue weighted by molar-refractivity contribution is 5.83. The third kappa shape index (κ3) is 4.68. The highest BCUT2D eigenvalue weighted by atomic mass is 16.6. The molecule has 2 rings (SSSR count). The van der Waals surface area contributed by atoms with Crippen LogP contribution in [0.3, 0.4) is 0 Å². The van der Waals surface area contributed by atoms with Crippen molar-refractivity contribution in [3.63, 3.8) is 0 Å². The Morgan fingerprint density at radius 1 is 1.32 bits per heavy atom. The van der Waals surface area contributed by atoms with E-state index in [1.165, 1.54) is 0 Å². The SMILES string of the molecule is CC(C)(C)OC(=O)Nc1ccc(N2CCC(C=O)CC2)nn1. The predicted molar refractivity (Wildman–Crippen MR) is 82.9 cm³/mol. The van der Waals surface area contributed by atoms with E-state index in [1.54, 1.807) is 32.9 Å². The van der Waals surface area contributed by atoms with Crippen LogP contribution in [0.2, 0.25) is 0 Å². The van der Waals surface area contributed by atoms with Crippen molar-refractivity contribution in [2.75, 3.05) is 23.3 Å². The molecule has 1 aromatic rings. The van der Waals surface area contributed by atoms with E-state index in [0.29, 0.717) is 5.82 Å². The van der Waals surface area contributed by atoms with Gasteiger partial charge in [-0.15, -0.1) is 10.2 Å². The quantitative estimate of drug-likeness (QED) is 0.862. The van der Waals surface area contributed by atoms with Crippen molar-refractivity contribution in [3.8, 4) is 0 Å². The number of hydrogen-bond donors (Lipinski definition) is 1. The number of nitrogens with one attached hydrogen (secondary N) is 1. The van der Waals surface area contributed by atoms with Gasteiger partial charge >= 0.3 is 6.09 Å². The molecule has 120 valence electrons. The van der Waals surface area contributed by atoms with Crippen LogP contribution in [0, 0.1) is 5.92 Å². The van der Waals surface area contributed by atoms with E-state index in [1.807, 2.05) is 0 Å². The van der Waals surface area contributed by atoms with Crippen LogP contribution in [0.5, 0.6) is 0 Å². The highest BCUT2D eigenvalue weighted by Crippen LogP contribution is 2.20. The first-order valence-corrected chi connectivity index (χ1v) is 7.41. The molecule has 1 aromatic heterocycles. The second-order valence-electron chi connectivity index (χ2n) is 6.36. The Bertz CT molecular complexity index is 517. The van der Waals surface area contributed by atoms with Gasteiger partial charge < -0.3 is 14.4 Å². The topological polar surface area (TPSA) is 84.4 Å². The van der Waals surface area contributed by atoms with Crippen LogP contribution >= 0.6 is 0 Å². The molecule has 0 saturated carbocycles. The minimum atomic E-state index is -0.555. The van der Waals surface area contributed by atoms with E-state index >= 15 is 0 Å². The summed E-state index contributed by atoms with van der Waals surface area (Å²) >= 11 is 0. The molecule has 1 aliphatic rings. The summed E-state index contributed by atoms with van der Waals surface area (Å²) in [6.07, 6.45) is 2.14. The molecule has 22 heavy (non-hydrogen) atoms. The Labute approximate surface area is 130 Å². The zero-order valence-corrected chi connectivity index (χ0v) is 13.2. The van der Waals surface area contributed by atoms with E-state index in [0.717, 1.165) is 38.0 Å². The van der Waals surface area contributed by atoms with Gasteiger partial charge in [0.2, 0.25) is 0 Å². The summed E-state index contributed by atoms with van der Waals surface area (Å²) in [6.45, 7) is 6.97. The maximum Gasteiger partial charge on any atom is 0.413 e. The van der Waals surface area contributed by atoms with Crippen LogP contribution in [0.15, 0.2) is 12.1 Å². The molecule has 0 bridgehead atoms. The number of hydrogen-bond acceptors (Lipinski definition) is 6. The molecule has 7 nitrogen and oxygen atoms in total. The number of amides is 1. The number of anilines is 2. The maximum absolute atomic E-state index is 11.6. The fourth-order valence-electron chi connectivity index (χ4n) is 2.23. The number of rotatable bonds is 3. The predicted octanol–water partition coefficient (Wildman–Crippen LogP) is 2.24. The molecule has 1 saturated heterocycles. The first-order chi connectivity index (χ1) is 10.4. The minimum absolute atomic E-state index is 0.150. The number of aromatic nitrogens is 2. The third-order valence-electron chi connectivity index (χ3n) is 3.34. The number of carbonyl (C=O) groups excluding carboxylic acids is 2. The van der Waals surface area contributed by atoms with E-state index < -0.39 is 11.7 Å². The monoisotopic (exact) mass is 306 g/mol. The molecule has 0 atom stereocenters. The normalized spacial score (nSPS) is 16.2. The van der Waals surface area contributed by atoms with Crippen molar-refractivity contribution in [2.24, 2.45) is 5.92 Å². The van der Waals surface area contributed by atoms with Crippen LogP contribution < -0.4 is 10.2 Å². The molecule has 0 unspecified atom stereocenters. The van der Waals surface area contributed by atoms with Gasteiger partial charge in [0.1, 0.15) is 11.9 Å². The molecule has 7 heteroatoms. The average Bonchev–Trinajstić information content (AvgIpc) is 2.46. The zero-order chi connectivity index (χ0) is 16.2. The molecule has 1 fully saturated rings. The van der Waals surface area contributed by atoms with Crippen molar-refractivity contribution >= 4 is 24.0 Å². The molecule has 1 N–H and O–H groups in total. The van der Waals surface area contributed by atoms with E-state index in [4.69, 9.17) is 4.74 Å². The molecule has 0 radical (unpaired) electrons. The summed E-state index contributed by atoms with van der Waals surface area (Å²) in [4.78, 5) is 24.5. The lowest BCUT2D eigenvalue weighted by Crippen LogP contribution is -2.34. The Balaban J connectivity index is 1.90. The molecule has 1 aliphatic heterocycles. The maximum atomic E-state index is 11.6. The summed E-state index contributed by atoms with van der Waals surface area (Å²) in [5, 5.41) is 10.7. The second kappa shape index (κ2) is 6.72. The van der Waals surface area contributed by atoms with Gasteiger partial charge in [0.15, 0.2) is 11.6 Å². The molecule has 0 spiro atoms. The summed E-state index contributed by atoms with van der Waals surface area (Å²) in [7, 11) is 0. The van der Waals surface area contributed by atoms with Gasteiger partial charge in [0, 0.05) is 19.0 Å². The standard InChI is InChI=1S/C15H22N4O3/c1-15(2,3)22-14(21)16-12-4-5-13(18-17-12)19-8-6-11(10-20)7-9-19/h4-5,10-11H,6-9H2,1-3H3,(H,16,17,21). The minimum Gasteiger partial charge on any atom is -0.444 e. The third-order valence-corrected chi connectivity index (χ3v) is 3.34. The number of nitrogens with zero attached hydrogens (tertiary/aromatic N) is 3. The van der Waals surface area contributed by atoms with E-state index in [9.17, 15) is 9.59 Å². The Morgan fingerprint density at radius 2 is 2.00 bits per heavy atom. The molecule has 0 aromatic carbocycles. The summed E-state index contributed by atoms with van der Waals surface area (Å²) < 4.78 is 5.15. The van der Waals surface area contributed by atoms with Crippen LogP contribution in [-0.2, 0) is 9.53 Å². The summed E-state index contributed by atoms with van der Waals surface area (Å²) in [6, 6.07) is 3.50. The number of piperidine rings is 1. The van der Waals surface area contributed by atoms with Crippen molar-refractivity contribution in [1.29, 1.82) is 0 Å². The van der Waals surface area contributed by atoms with Crippen molar-refractivity contribution in [1.82, 2.24) is 10.2 Å². The first-order valence-electron chi connectivity index (χ1n) is 7.41. The van der Waals surface area contributed by atoms with Crippen LogP contribution in [-0.4, -0.2) is 41.3 Å². The van der Waals surface area contributed by atoms with Crippen molar-refractivity contribution in [3.05, 3.63) is 12.1 Å². The van der Waals surface area contributed by atoms with Crippen LogP contribution in [0.4, 0.5) is 16.4 Å². The summed E-state index contributed by atoms with van der Waals surface area (Å²) in [5.74, 6) is 1.25. The lowest BCUT2D eigenvalue weighted by molar-refractivity contribution is -0.111. The van der Waals surface area contributed by atoms with Gasteiger partial charge in [-0.1, -0.05) is 0 Å². The molecule has 0 aliphatic carbocycles. The largest absolute Gasteiger partial charge is 0.444 e. The Morgan fingerprint density at radius 3 is 2.50 bits per heavy atom. The smallest absolute Gasteiger partial charge is 0.413 e.